The number of benzene rings is 1. The van der Waals surface area contributed by atoms with E-state index in [0.29, 0.717) is 24.2 Å². The highest BCUT2D eigenvalue weighted by Crippen LogP contribution is 2.08. The molecule has 1 rings (SSSR count). The summed E-state index contributed by atoms with van der Waals surface area (Å²) in [7, 11) is 0. The van der Waals surface area contributed by atoms with E-state index in [1.807, 2.05) is 6.92 Å². The van der Waals surface area contributed by atoms with E-state index in [0.717, 1.165) is 12.8 Å². The van der Waals surface area contributed by atoms with Crippen molar-refractivity contribution in [2.45, 2.75) is 32.3 Å². The second kappa shape index (κ2) is 7.66. The van der Waals surface area contributed by atoms with E-state index >= 15 is 0 Å². The summed E-state index contributed by atoms with van der Waals surface area (Å²) in [5.74, 6) is -0.0675. The maximum atomic E-state index is 11.4. The molecule has 5 nitrogen and oxygen atoms in total. The summed E-state index contributed by atoms with van der Waals surface area (Å²) in [6.07, 6.45) is 1.84. The van der Waals surface area contributed by atoms with E-state index in [9.17, 15) is 9.90 Å². The topological polar surface area (TPSA) is 99.8 Å². The average Bonchev–Trinajstić information content (AvgIpc) is 2.42. The van der Waals surface area contributed by atoms with Crippen LogP contribution in [0.4, 0.5) is 0 Å². The number of quaternary nitrogens is 1. The molecule has 1 amide bonds. The minimum absolute atomic E-state index is 0.221. The molecular weight excluding hydrogens is 244 g/mol. The van der Waals surface area contributed by atoms with Gasteiger partial charge in [-0.1, -0.05) is 19.1 Å². The number of ether oxygens (including phenoxy) is 1. The van der Waals surface area contributed by atoms with Gasteiger partial charge in [-0.3, -0.25) is 5.73 Å². The molecule has 1 unspecified atom stereocenters. The van der Waals surface area contributed by atoms with Gasteiger partial charge in [0.05, 0.1) is 18.3 Å². The molecular formula is C14H22N2O3+2. The van der Waals surface area contributed by atoms with Crippen LogP contribution in [0.1, 0.15) is 42.1 Å². The molecule has 0 aromatic heterocycles. The Hall–Kier alpha value is -1.72. The van der Waals surface area contributed by atoms with Crippen LogP contribution in [0, 0.1) is 0 Å². The van der Waals surface area contributed by atoms with Crippen molar-refractivity contribution < 1.29 is 25.8 Å². The van der Waals surface area contributed by atoms with Crippen LogP contribution in [0.2, 0.25) is 0 Å². The quantitative estimate of drug-likeness (QED) is 0.340. The van der Waals surface area contributed by atoms with Gasteiger partial charge in [0.15, 0.2) is 0 Å². The lowest BCUT2D eigenvalue weighted by Crippen LogP contribution is -2.57. The van der Waals surface area contributed by atoms with E-state index in [4.69, 9.17) is 10.1 Å². The zero-order chi connectivity index (χ0) is 14.3. The second-order valence-corrected chi connectivity index (χ2v) is 4.39. The smallest absolute Gasteiger partial charge is 0.367 e. The summed E-state index contributed by atoms with van der Waals surface area (Å²) in [6, 6.07) is 6.95. The fourth-order valence-electron chi connectivity index (χ4n) is 1.72. The van der Waals surface area contributed by atoms with Crippen LogP contribution >= 0.6 is 0 Å². The lowest BCUT2D eigenvalue weighted by molar-refractivity contribution is -0.255. The summed E-state index contributed by atoms with van der Waals surface area (Å²) < 4.78 is 5.42. The molecule has 5 heteroatoms. The third kappa shape index (κ3) is 4.81. The highest BCUT2D eigenvalue weighted by molar-refractivity contribution is 6.01. The molecule has 0 saturated carbocycles. The zero-order valence-corrected chi connectivity index (χ0v) is 11.3. The van der Waals surface area contributed by atoms with Crippen LogP contribution in [0.3, 0.4) is 0 Å². The molecule has 19 heavy (non-hydrogen) atoms. The van der Waals surface area contributed by atoms with Crippen LogP contribution in [-0.4, -0.2) is 29.6 Å². The van der Waals surface area contributed by atoms with Crippen LogP contribution in [-0.2, 0) is 4.74 Å². The Labute approximate surface area is 112 Å². The molecule has 0 heterocycles. The van der Waals surface area contributed by atoms with Gasteiger partial charge in [-0.25, -0.2) is 10.2 Å². The van der Waals surface area contributed by atoms with Crippen molar-refractivity contribution in [1.82, 2.24) is 0 Å². The van der Waals surface area contributed by atoms with Crippen molar-refractivity contribution >= 4 is 11.8 Å². The number of carbonyl (C=O) groups excluding carboxylic acids is 1. The third-order valence-corrected chi connectivity index (χ3v) is 2.90. The van der Waals surface area contributed by atoms with E-state index in [1.165, 1.54) is 0 Å². The SMILES string of the molecule is CCC(O)CCCOC(=[NH2+])c1ccccc1C([NH3+])=O. The number of hydrogen-bond acceptors (Lipinski definition) is 3. The number of amides is 1. The Bertz CT molecular complexity index is 446. The highest BCUT2D eigenvalue weighted by atomic mass is 16.5. The Kier molecular flexibility index (Phi) is 6.18. The van der Waals surface area contributed by atoms with Crippen LogP contribution in [0.25, 0.3) is 0 Å². The minimum atomic E-state index is -0.293. The van der Waals surface area contributed by atoms with Gasteiger partial charge in [0, 0.05) is 0 Å². The predicted molar refractivity (Wildman–Crippen MR) is 71.2 cm³/mol. The molecule has 0 aliphatic heterocycles. The maximum Gasteiger partial charge on any atom is 0.367 e. The average molecular weight is 266 g/mol. The molecule has 0 aliphatic carbocycles. The molecule has 0 radical (unpaired) electrons. The second-order valence-electron chi connectivity index (χ2n) is 4.39. The lowest BCUT2D eigenvalue weighted by Gasteiger charge is -2.08. The van der Waals surface area contributed by atoms with E-state index in [1.54, 1.807) is 24.3 Å². The summed E-state index contributed by atoms with van der Waals surface area (Å²) in [6.45, 7) is 2.35. The van der Waals surface area contributed by atoms with Crippen molar-refractivity contribution in [1.29, 1.82) is 0 Å². The van der Waals surface area contributed by atoms with Gasteiger partial charge in [0.25, 0.3) is 0 Å². The first-order valence-corrected chi connectivity index (χ1v) is 6.45. The number of aliphatic hydroxyl groups excluding tert-OH is 1. The predicted octanol–water partition coefficient (Wildman–Crippen LogP) is -0.858. The van der Waals surface area contributed by atoms with Crippen molar-refractivity contribution in [2.75, 3.05) is 6.61 Å². The molecule has 0 saturated heterocycles. The fourth-order valence-corrected chi connectivity index (χ4v) is 1.72. The van der Waals surface area contributed by atoms with Gasteiger partial charge in [0.2, 0.25) is 0 Å². The van der Waals surface area contributed by atoms with Crippen molar-refractivity contribution in [3.05, 3.63) is 35.4 Å². The fraction of sp³-hybridized carbons (Fsp3) is 0.429. The number of aliphatic hydroxyl groups is 1. The minimum Gasteiger partial charge on any atom is -0.444 e. The summed E-state index contributed by atoms with van der Waals surface area (Å²) in [5.41, 5.74) is 4.41. The molecule has 1 aromatic carbocycles. The number of nitrogens with two attached hydrogens (primary N) is 1. The summed E-state index contributed by atoms with van der Waals surface area (Å²) in [5, 5.41) is 15.2. The molecule has 0 spiro atoms. The Morgan fingerprint density at radius 2 is 2.05 bits per heavy atom. The molecule has 0 aliphatic rings. The Morgan fingerprint density at radius 1 is 1.42 bits per heavy atom. The molecule has 0 fully saturated rings. The van der Waals surface area contributed by atoms with Crippen molar-refractivity contribution in [3.63, 3.8) is 0 Å². The van der Waals surface area contributed by atoms with Crippen LogP contribution in [0.15, 0.2) is 24.3 Å². The molecule has 0 bridgehead atoms. The number of hydrogen-bond donors (Lipinski definition) is 3. The van der Waals surface area contributed by atoms with E-state index < -0.39 is 0 Å². The maximum absolute atomic E-state index is 11.4. The molecule has 6 N–H and O–H groups in total. The monoisotopic (exact) mass is 266 g/mol. The van der Waals surface area contributed by atoms with Gasteiger partial charge in [-0.2, -0.15) is 0 Å². The standard InChI is InChI=1S/C14H20N2O3/c1-2-10(17)6-5-9-19-14(16)12-8-4-3-7-11(12)13(15)18/h3-4,7-8,10,16-17H,2,5-6,9H2,1H3,(H2,15,18)/p+2. The zero-order valence-electron chi connectivity index (χ0n) is 11.3. The highest BCUT2D eigenvalue weighted by Gasteiger charge is 2.18. The number of carbonyl (C=O) groups is 1. The van der Waals surface area contributed by atoms with Crippen molar-refractivity contribution in [3.8, 4) is 0 Å². The Balaban J connectivity index is 2.52. The molecule has 1 atom stereocenters. The molecule has 1 aromatic rings. The lowest BCUT2D eigenvalue weighted by atomic mass is 10.1. The first-order chi connectivity index (χ1) is 9.06. The van der Waals surface area contributed by atoms with Gasteiger partial charge in [-0.05, 0) is 31.4 Å². The largest absolute Gasteiger partial charge is 0.444 e. The van der Waals surface area contributed by atoms with Gasteiger partial charge >= 0.3 is 11.8 Å². The normalized spacial score (nSPS) is 11.9. The van der Waals surface area contributed by atoms with Gasteiger partial charge in [0.1, 0.15) is 5.56 Å². The van der Waals surface area contributed by atoms with Gasteiger partial charge in [-0.15, -0.1) is 0 Å². The summed E-state index contributed by atoms with van der Waals surface area (Å²) in [4.78, 5) is 11.4. The van der Waals surface area contributed by atoms with Crippen molar-refractivity contribution in [2.24, 2.45) is 0 Å². The molecule has 104 valence electrons. The Morgan fingerprint density at radius 3 is 2.63 bits per heavy atom. The van der Waals surface area contributed by atoms with E-state index in [2.05, 4.69) is 5.73 Å². The van der Waals surface area contributed by atoms with Crippen LogP contribution < -0.4 is 11.1 Å². The van der Waals surface area contributed by atoms with Gasteiger partial charge < -0.3 is 9.84 Å². The third-order valence-electron chi connectivity index (χ3n) is 2.90. The first-order valence-electron chi connectivity index (χ1n) is 6.45. The number of rotatable bonds is 7. The van der Waals surface area contributed by atoms with Crippen LogP contribution in [0.5, 0.6) is 0 Å². The summed E-state index contributed by atoms with van der Waals surface area (Å²) >= 11 is 0. The first kappa shape index (κ1) is 15.3. The van der Waals surface area contributed by atoms with E-state index in [-0.39, 0.29) is 17.9 Å².